The molecule has 1 saturated heterocycles. The van der Waals surface area contributed by atoms with E-state index in [0.717, 1.165) is 13.1 Å². The van der Waals surface area contributed by atoms with Crippen LogP contribution in [-0.4, -0.2) is 66.1 Å². The van der Waals surface area contributed by atoms with Crippen LogP contribution in [0.3, 0.4) is 0 Å². The minimum atomic E-state index is -1.30. The van der Waals surface area contributed by atoms with E-state index in [1.807, 2.05) is 18.9 Å². The van der Waals surface area contributed by atoms with Gasteiger partial charge in [0.25, 0.3) is 0 Å². The Hall–Kier alpha value is -2.10. The molecule has 1 aromatic carbocycles. The van der Waals surface area contributed by atoms with Crippen LogP contribution in [0.15, 0.2) is 22.0 Å². The number of piperazine rings is 1. The summed E-state index contributed by atoms with van der Waals surface area (Å²) in [5.74, 6) is -1.30. The summed E-state index contributed by atoms with van der Waals surface area (Å²) in [6, 6.07) is 2.85. The highest BCUT2D eigenvalue weighted by Gasteiger charge is 2.32. The maximum absolute atomic E-state index is 14.9. The summed E-state index contributed by atoms with van der Waals surface area (Å²) in [5.41, 5.74) is -0.0117. The van der Waals surface area contributed by atoms with Gasteiger partial charge in [0, 0.05) is 43.9 Å². The van der Waals surface area contributed by atoms with Crippen LogP contribution in [-0.2, 0) is 4.74 Å². The molecule has 150 valence electrons. The van der Waals surface area contributed by atoms with Crippen LogP contribution in [0.25, 0.3) is 10.9 Å². The fourth-order valence-corrected chi connectivity index (χ4v) is 5.06. The predicted octanol–water partition coefficient (Wildman–Crippen LogP) is 2.23. The van der Waals surface area contributed by atoms with Crippen LogP contribution in [0, 0.1) is 5.82 Å². The van der Waals surface area contributed by atoms with Gasteiger partial charge in [-0.3, -0.25) is 4.79 Å². The fraction of sp³-hybridized carbons (Fsp3) is 0.474. The number of likely N-dealkylation sites (N-methyl/N-ethyl adjacent to an activating group) is 1. The molecule has 0 bridgehead atoms. The summed E-state index contributed by atoms with van der Waals surface area (Å²) in [7, 11) is 2.03. The number of carboxylic acids is 1. The molecule has 1 atom stereocenters. The number of anilines is 1. The van der Waals surface area contributed by atoms with Crippen molar-refractivity contribution in [3.8, 4) is 0 Å². The van der Waals surface area contributed by atoms with Crippen LogP contribution in [0.2, 0.25) is 0 Å². The summed E-state index contributed by atoms with van der Waals surface area (Å²) in [6.07, 6.45) is -0.392. The molecule has 0 radical (unpaired) electrons. The van der Waals surface area contributed by atoms with Crippen LogP contribution in [0.5, 0.6) is 0 Å². The molecule has 2 aliphatic rings. The van der Waals surface area contributed by atoms with Crippen molar-refractivity contribution in [3.63, 3.8) is 0 Å². The third-order valence-corrected chi connectivity index (χ3v) is 6.42. The van der Waals surface area contributed by atoms with E-state index in [2.05, 4.69) is 4.90 Å². The Morgan fingerprint density at radius 3 is 2.68 bits per heavy atom. The van der Waals surface area contributed by atoms with E-state index in [-0.39, 0.29) is 10.9 Å². The average molecular weight is 407 g/mol. The molecule has 7 nitrogen and oxygen atoms in total. The van der Waals surface area contributed by atoms with Crippen molar-refractivity contribution in [1.29, 1.82) is 0 Å². The molecular formula is C19H22FN3O4S. The van der Waals surface area contributed by atoms with Gasteiger partial charge in [-0.2, -0.15) is 0 Å². The van der Waals surface area contributed by atoms with Crippen LogP contribution < -0.4 is 10.3 Å². The quantitative estimate of drug-likeness (QED) is 0.833. The van der Waals surface area contributed by atoms with Crippen molar-refractivity contribution in [2.24, 2.45) is 0 Å². The number of carbonyl (C=O) groups is 1. The Labute approximate surface area is 165 Å². The number of hydrogen-bond donors (Lipinski definition) is 1. The summed E-state index contributed by atoms with van der Waals surface area (Å²) in [4.78, 5) is 28.7. The Morgan fingerprint density at radius 1 is 1.32 bits per heavy atom. The lowest BCUT2D eigenvalue weighted by molar-refractivity contribution is 0.0299. The van der Waals surface area contributed by atoms with Gasteiger partial charge in [0.1, 0.15) is 17.6 Å². The topological polar surface area (TPSA) is 75.0 Å². The zero-order valence-electron chi connectivity index (χ0n) is 15.8. The minimum absolute atomic E-state index is 0.0729. The van der Waals surface area contributed by atoms with E-state index in [1.165, 1.54) is 17.8 Å². The van der Waals surface area contributed by atoms with E-state index in [4.69, 9.17) is 4.74 Å². The van der Waals surface area contributed by atoms with Crippen molar-refractivity contribution < 1.29 is 19.0 Å². The zero-order valence-corrected chi connectivity index (χ0v) is 16.6. The number of aromatic carboxylic acids is 1. The van der Waals surface area contributed by atoms with Gasteiger partial charge >= 0.3 is 5.97 Å². The Bertz CT molecular complexity index is 1000. The van der Waals surface area contributed by atoms with Gasteiger partial charge in [-0.25, -0.2) is 9.18 Å². The van der Waals surface area contributed by atoms with Crippen LogP contribution in [0.1, 0.15) is 23.5 Å². The Morgan fingerprint density at radius 2 is 2.04 bits per heavy atom. The summed E-state index contributed by atoms with van der Waals surface area (Å²) >= 11 is 1.29. The first-order chi connectivity index (χ1) is 13.4. The average Bonchev–Trinajstić information content (AvgIpc) is 3.06. The molecular weight excluding hydrogens is 385 g/mol. The molecule has 0 saturated carbocycles. The number of fused-ring (bicyclic) bond motifs is 3. The highest BCUT2D eigenvalue weighted by atomic mass is 32.2. The first-order valence-corrected chi connectivity index (χ1v) is 10.2. The number of nitrogens with zero attached hydrogens (tertiary/aromatic N) is 3. The number of halogens is 1. The fourth-order valence-electron chi connectivity index (χ4n) is 3.84. The molecule has 0 amide bonds. The number of hydrogen-bond acceptors (Lipinski definition) is 6. The molecule has 3 heterocycles. The standard InChI is InChI=1S/C19H22FN3O4S/c1-3-27-15-10-28-18-16(19(25)26)17(24)11-8-12(20)14(9-13(11)23(15)18)22-6-4-21(2)5-7-22/h8-9,15H,3-7,10H2,1-2H3,(H,25,26). The predicted molar refractivity (Wildman–Crippen MR) is 106 cm³/mol. The lowest BCUT2D eigenvalue weighted by Crippen LogP contribution is -2.44. The van der Waals surface area contributed by atoms with Gasteiger partial charge in [0.05, 0.1) is 16.2 Å². The number of rotatable bonds is 4. The lowest BCUT2D eigenvalue weighted by Gasteiger charge is -2.34. The molecule has 4 rings (SSSR count). The first-order valence-electron chi connectivity index (χ1n) is 9.25. The summed E-state index contributed by atoms with van der Waals surface area (Å²) < 4.78 is 22.4. The Balaban J connectivity index is 1.95. The Kier molecular flexibility index (Phi) is 5.07. The van der Waals surface area contributed by atoms with E-state index < -0.39 is 23.4 Å². The summed E-state index contributed by atoms with van der Waals surface area (Å²) in [6.45, 7) is 5.34. The zero-order chi connectivity index (χ0) is 20.0. The molecule has 0 spiro atoms. The first kappa shape index (κ1) is 19.2. The molecule has 0 aliphatic carbocycles. The molecule has 2 aliphatic heterocycles. The number of carboxylic acid groups (broad SMARTS) is 1. The molecule has 28 heavy (non-hydrogen) atoms. The number of aromatic nitrogens is 1. The lowest BCUT2D eigenvalue weighted by atomic mass is 10.1. The van der Waals surface area contributed by atoms with Gasteiger partial charge in [-0.1, -0.05) is 0 Å². The van der Waals surface area contributed by atoms with Gasteiger partial charge in [0.15, 0.2) is 0 Å². The van der Waals surface area contributed by atoms with E-state index in [1.54, 1.807) is 10.6 Å². The van der Waals surface area contributed by atoms with Crippen LogP contribution >= 0.6 is 11.8 Å². The maximum Gasteiger partial charge on any atom is 0.342 e. The van der Waals surface area contributed by atoms with Crippen molar-refractivity contribution in [3.05, 3.63) is 33.7 Å². The number of benzene rings is 1. The molecule has 2 aromatic rings. The second-order valence-electron chi connectivity index (χ2n) is 7.02. The highest BCUT2D eigenvalue weighted by molar-refractivity contribution is 7.99. The molecule has 1 N–H and O–H groups in total. The van der Waals surface area contributed by atoms with Crippen molar-refractivity contribution in [2.75, 3.05) is 50.5 Å². The largest absolute Gasteiger partial charge is 0.477 e. The highest BCUT2D eigenvalue weighted by Crippen LogP contribution is 2.39. The number of ether oxygens (including phenoxy) is 1. The van der Waals surface area contributed by atoms with Gasteiger partial charge in [-0.05, 0) is 26.1 Å². The molecule has 1 unspecified atom stereocenters. The monoisotopic (exact) mass is 407 g/mol. The number of pyridine rings is 1. The van der Waals surface area contributed by atoms with Gasteiger partial charge < -0.3 is 24.2 Å². The van der Waals surface area contributed by atoms with E-state index >= 15 is 0 Å². The maximum atomic E-state index is 14.9. The van der Waals surface area contributed by atoms with Crippen LogP contribution in [0.4, 0.5) is 10.1 Å². The second-order valence-corrected chi connectivity index (χ2v) is 8.03. The van der Waals surface area contributed by atoms with Crippen molar-refractivity contribution >= 4 is 34.3 Å². The van der Waals surface area contributed by atoms with Gasteiger partial charge in [0.2, 0.25) is 5.43 Å². The van der Waals surface area contributed by atoms with E-state index in [9.17, 15) is 19.1 Å². The molecule has 9 heteroatoms. The minimum Gasteiger partial charge on any atom is -0.477 e. The smallest absolute Gasteiger partial charge is 0.342 e. The molecule has 1 fully saturated rings. The van der Waals surface area contributed by atoms with E-state index in [0.29, 0.717) is 41.7 Å². The SMILES string of the molecule is CCOC1CSc2c(C(=O)O)c(=O)c3cc(F)c(N4CCN(C)CC4)cc3n21. The van der Waals surface area contributed by atoms with Gasteiger partial charge in [-0.15, -0.1) is 11.8 Å². The van der Waals surface area contributed by atoms with Crippen molar-refractivity contribution in [1.82, 2.24) is 9.47 Å². The van der Waals surface area contributed by atoms with Crippen molar-refractivity contribution in [2.45, 2.75) is 18.2 Å². The third-order valence-electron chi connectivity index (χ3n) is 5.30. The normalized spacial score (nSPS) is 20.0. The summed E-state index contributed by atoms with van der Waals surface area (Å²) in [5, 5.41) is 10.0. The third kappa shape index (κ3) is 3.07. The second kappa shape index (κ2) is 7.38. The molecule has 1 aromatic heterocycles. The number of thioether (sulfide) groups is 1.